The molecule has 1 saturated carbocycles. The number of hydrogen-bond donors (Lipinski definition) is 0. The molecule has 0 amide bonds. The summed E-state index contributed by atoms with van der Waals surface area (Å²) in [6.45, 7) is 0. The van der Waals surface area contributed by atoms with Crippen molar-refractivity contribution in [3.05, 3.63) is 41.6 Å². The van der Waals surface area contributed by atoms with Crippen molar-refractivity contribution >= 4 is 0 Å². The molecule has 0 saturated heterocycles. The van der Waals surface area contributed by atoms with Crippen LogP contribution in [0, 0.1) is 23.6 Å². The molecule has 0 spiro atoms. The number of halogens is 1. The molecule has 0 heterocycles. The Morgan fingerprint density at radius 2 is 2.15 bits per heavy atom. The van der Waals surface area contributed by atoms with Crippen LogP contribution in [-0.2, 0) is 0 Å². The zero-order chi connectivity index (χ0) is 8.55. The average molecular weight is 199 g/mol. The van der Waals surface area contributed by atoms with E-state index in [0.29, 0.717) is 11.5 Å². The first kappa shape index (κ1) is 11.4. The van der Waals surface area contributed by atoms with Crippen LogP contribution in [0.25, 0.3) is 0 Å². The van der Waals surface area contributed by atoms with Crippen molar-refractivity contribution in [1.82, 2.24) is 0 Å². The molecular weight excluding hydrogens is 192 g/mol. The van der Waals surface area contributed by atoms with Crippen LogP contribution >= 0.6 is 0 Å². The second-order valence-electron chi connectivity index (χ2n) is 2.96. The number of benzene rings is 1. The molecule has 60 valence electrons. The maximum Gasteiger partial charge on any atom is 1.00 e. The molecule has 0 N–H and O–H groups in total. The first-order valence-electron chi connectivity index (χ1n) is 3.83. The number of nitrogens with zero attached hydrogens (tertiary/aromatic N) is 1. The Kier molecular flexibility index (Phi) is 4.08. The predicted octanol–water partition coefficient (Wildman–Crippen LogP) is -0.607. The maximum atomic E-state index is 12.8. The van der Waals surface area contributed by atoms with E-state index in [1.165, 1.54) is 12.1 Å². The van der Waals surface area contributed by atoms with E-state index in [9.17, 15) is 4.39 Å². The number of rotatable bonds is 1. The fourth-order valence-electron chi connectivity index (χ4n) is 1.23. The van der Waals surface area contributed by atoms with Crippen molar-refractivity contribution in [2.75, 3.05) is 0 Å². The van der Waals surface area contributed by atoms with Crippen LogP contribution in [0.5, 0.6) is 0 Å². The molecule has 1 nitrogen and oxygen atoms in total. The third-order valence-corrected chi connectivity index (χ3v) is 1.95. The molecule has 1 aromatic carbocycles. The van der Waals surface area contributed by atoms with E-state index >= 15 is 0 Å². The van der Waals surface area contributed by atoms with Gasteiger partial charge in [-0.15, -0.1) is 0 Å². The van der Waals surface area contributed by atoms with Crippen molar-refractivity contribution in [2.45, 2.75) is 12.3 Å². The standard InChI is InChI=1S/C10H7FN.K/c11-10-4-7(6-12)3-9(5-10)8-1-2-8;/h1,3-5,8H,2H2;/q-1;+1/t8-;/m1./s1. The molecule has 1 fully saturated rings. The van der Waals surface area contributed by atoms with Gasteiger partial charge in [-0.3, -0.25) is 0 Å². The predicted molar refractivity (Wildman–Crippen MR) is 42.8 cm³/mol. The second-order valence-corrected chi connectivity index (χ2v) is 2.96. The summed E-state index contributed by atoms with van der Waals surface area (Å²) in [5, 5.41) is 8.56. The van der Waals surface area contributed by atoms with Gasteiger partial charge in [0, 0.05) is 0 Å². The Balaban J connectivity index is 0.000000845. The van der Waals surface area contributed by atoms with Gasteiger partial charge in [0.25, 0.3) is 0 Å². The molecule has 1 aliphatic rings. The van der Waals surface area contributed by atoms with Crippen LogP contribution in [0.2, 0.25) is 0 Å². The van der Waals surface area contributed by atoms with E-state index in [0.717, 1.165) is 12.0 Å². The van der Waals surface area contributed by atoms with Crippen LogP contribution in [0.4, 0.5) is 4.39 Å². The molecule has 2 rings (SSSR count). The third kappa shape index (κ3) is 2.86. The zero-order valence-corrected chi connectivity index (χ0v) is 10.5. The Hall–Kier alpha value is 0.276. The van der Waals surface area contributed by atoms with Crippen molar-refractivity contribution in [2.24, 2.45) is 0 Å². The molecule has 3 heteroatoms. The first-order valence-corrected chi connectivity index (χ1v) is 3.83. The molecule has 0 bridgehead atoms. The summed E-state index contributed by atoms with van der Waals surface area (Å²) in [6.07, 6.45) is 3.10. The number of nitriles is 1. The summed E-state index contributed by atoms with van der Waals surface area (Å²) in [7, 11) is 0. The topological polar surface area (TPSA) is 23.8 Å². The summed E-state index contributed by atoms with van der Waals surface area (Å²) in [4.78, 5) is 0. The molecule has 1 atom stereocenters. The largest absolute Gasteiger partial charge is 1.00 e. The van der Waals surface area contributed by atoms with E-state index in [4.69, 9.17) is 5.26 Å². The first-order chi connectivity index (χ1) is 5.79. The van der Waals surface area contributed by atoms with Gasteiger partial charge in [-0.05, 0) is 18.2 Å². The van der Waals surface area contributed by atoms with Crippen LogP contribution in [0.1, 0.15) is 23.5 Å². The molecule has 0 aromatic heterocycles. The van der Waals surface area contributed by atoms with E-state index in [1.54, 1.807) is 6.07 Å². The van der Waals surface area contributed by atoms with E-state index < -0.39 is 0 Å². The molecular formula is C10H7FKN. The van der Waals surface area contributed by atoms with Crippen LogP contribution in [0.3, 0.4) is 0 Å². The quantitative estimate of drug-likeness (QED) is 0.437. The third-order valence-electron chi connectivity index (χ3n) is 1.95. The van der Waals surface area contributed by atoms with Gasteiger partial charge in [0.15, 0.2) is 0 Å². The minimum Gasteiger partial charge on any atom is -0.325 e. The van der Waals surface area contributed by atoms with Crippen LogP contribution in [-0.4, -0.2) is 0 Å². The van der Waals surface area contributed by atoms with Gasteiger partial charge < -0.3 is 6.42 Å². The normalized spacial score (nSPS) is 18.6. The summed E-state index contributed by atoms with van der Waals surface area (Å²) in [6, 6.07) is 6.44. The van der Waals surface area contributed by atoms with Gasteiger partial charge in [0.1, 0.15) is 5.82 Å². The molecule has 13 heavy (non-hydrogen) atoms. The molecule has 1 aliphatic carbocycles. The fourth-order valence-corrected chi connectivity index (χ4v) is 1.23. The van der Waals surface area contributed by atoms with Gasteiger partial charge >= 0.3 is 51.4 Å². The Bertz CT molecular complexity index is 352. The van der Waals surface area contributed by atoms with Gasteiger partial charge in [-0.25, -0.2) is 4.39 Å². The SMILES string of the molecule is N#Cc1cc(F)cc([C@@H]2[CH-]C2)c1.[K+]. The van der Waals surface area contributed by atoms with Gasteiger partial charge in [-0.2, -0.15) is 17.6 Å². The van der Waals surface area contributed by atoms with Crippen molar-refractivity contribution in [3.63, 3.8) is 0 Å². The molecule has 1 aromatic rings. The van der Waals surface area contributed by atoms with E-state index in [2.05, 4.69) is 6.42 Å². The minimum atomic E-state index is -0.315. The van der Waals surface area contributed by atoms with E-state index in [-0.39, 0.29) is 57.2 Å². The minimum absolute atomic E-state index is 0. The smallest absolute Gasteiger partial charge is 0.325 e. The molecule has 0 radical (unpaired) electrons. The van der Waals surface area contributed by atoms with Crippen molar-refractivity contribution in [1.29, 1.82) is 5.26 Å². The summed E-state index contributed by atoms with van der Waals surface area (Å²) in [5.74, 6) is 0.0668. The Morgan fingerprint density at radius 1 is 1.46 bits per heavy atom. The van der Waals surface area contributed by atoms with Crippen LogP contribution in [0.15, 0.2) is 18.2 Å². The zero-order valence-electron chi connectivity index (χ0n) is 7.42. The summed E-state index contributed by atoms with van der Waals surface area (Å²) < 4.78 is 12.8. The Morgan fingerprint density at radius 3 is 2.69 bits per heavy atom. The second kappa shape index (κ2) is 4.67. The van der Waals surface area contributed by atoms with Crippen molar-refractivity contribution in [3.8, 4) is 6.07 Å². The Labute approximate surface area is 119 Å². The van der Waals surface area contributed by atoms with Gasteiger partial charge in [0.2, 0.25) is 0 Å². The van der Waals surface area contributed by atoms with E-state index in [1.807, 2.05) is 6.07 Å². The van der Waals surface area contributed by atoms with Crippen molar-refractivity contribution < 1.29 is 55.8 Å². The average Bonchev–Trinajstić information content (AvgIpc) is 2.85. The van der Waals surface area contributed by atoms with Gasteiger partial charge in [-0.1, -0.05) is 5.56 Å². The monoisotopic (exact) mass is 199 g/mol. The number of hydrogen-bond acceptors (Lipinski definition) is 1. The van der Waals surface area contributed by atoms with Crippen LogP contribution < -0.4 is 51.4 Å². The molecule has 0 unspecified atom stereocenters. The fraction of sp³-hybridized carbons (Fsp3) is 0.200. The summed E-state index contributed by atoms with van der Waals surface area (Å²) >= 11 is 0. The maximum absolute atomic E-state index is 12.8. The van der Waals surface area contributed by atoms with Gasteiger partial charge in [0.05, 0.1) is 11.6 Å². The molecule has 0 aliphatic heterocycles. The summed E-state index contributed by atoms with van der Waals surface area (Å²) in [5.41, 5.74) is 1.33.